The van der Waals surface area contributed by atoms with Crippen LogP contribution in [0.25, 0.3) is 0 Å². The number of aliphatic carboxylic acids is 2. The number of ether oxygens (including phenoxy) is 2. The first-order valence-corrected chi connectivity index (χ1v) is 9.03. The number of hydrogen-bond donors (Lipinski definition) is 2. The lowest BCUT2D eigenvalue weighted by atomic mass is 10.2. The maximum absolute atomic E-state index is 12.2. The van der Waals surface area contributed by atoms with Crippen molar-refractivity contribution in [1.82, 2.24) is 0 Å². The molecule has 0 aromatic heterocycles. The third-order valence-electron chi connectivity index (χ3n) is 3.36. The van der Waals surface area contributed by atoms with E-state index in [1.54, 1.807) is 24.3 Å². The molecule has 0 saturated heterocycles. The van der Waals surface area contributed by atoms with Gasteiger partial charge >= 0.3 is 17.9 Å². The SMILES string of the molecule is COc1ccccc1C(=O)O[C@@H](CC(=O)O)C[N+](C)(C)C.C[N+](C)(C)CC(=O)O. The second-order valence-electron chi connectivity index (χ2n) is 8.64. The highest BCUT2D eigenvalue weighted by molar-refractivity contribution is 5.92. The van der Waals surface area contributed by atoms with Gasteiger partial charge in [0.2, 0.25) is 0 Å². The molecule has 0 amide bonds. The average molecular weight is 414 g/mol. The average Bonchev–Trinajstić information content (AvgIpc) is 2.50. The maximum Gasteiger partial charge on any atom is 0.359 e. The van der Waals surface area contributed by atoms with Gasteiger partial charge in [0, 0.05) is 0 Å². The van der Waals surface area contributed by atoms with Gasteiger partial charge in [-0.3, -0.25) is 4.79 Å². The monoisotopic (exact) mass is 414 g/mol. The van der Waals surface area contributed by atoms with Gasteiger partial charge in [-0.15, -0.1) is 0 Å². The molecule has 1 rings (SSSR count). The van der Waals surface area contributed by atoms with Gasteiger partial charge in [-0.05, 0) is 12.1 Å². The van der Waals surface area contributed by atoms with Gasteiger partial charge in [0.15, 0.2) is 12.6 Å². The van der Waals surface area contributed by atoms with Crippen molar-refractivity contribution < 1.29 is 43.0 Å². The smallest absolute Gasteiger partial charge is 0.359 e. The van der Waals surface area contributed by atoms with E-state index < -0.39 is 24.0 Å². The van der Waals surface area contributed by atoms with Crippen molar-refractivity contribution >= 4 is 17.9 Å². The minimum atomic E-state index is -0.999. The number of likely N-dealkylation sites (N-methyl/N-ethyl adjacent to an activating group) is 2. The summed E-state index contributed by atoms with van der Waals surface area (Å²) in [6, 6.07) is 6.69. The molecule has 2 N–H and O–H groups in total. The van der Waals surface area contributed by atoms with Crippen LogP contribution >= 0.6 is 0 Å². The maximum atomic E-state index is 12.2. The van der Waals surface area contributed by atoms with E-state index in [4.69, 9.17) is 19.7 Å². The Morgan fingerprint density at radius 3 is 1.86 bits per heavy atom. The number of methoxy groups -OCH3 is 1. The Hall–Kier alpha value is -2.65. The van der Waals surface area contributed by atoms with Gasteiger partial charge in [-0.1, -0.05) is 12.1 Å². The Bertz CT molecular complexity index is 691. The number of carbonyl (C=O) groups is 3. The molecule has 1 atom stereocenters. The van der Waals surface area contributed by atoms with E-state index in [0.717, 1.165) is 0 Å². The van der Waals surface area contributed by atoms with E-state index in [2.05, 4.69) is 0 Å². The van der Waals surface area contributed by atoms with Crippen molar-refractivity contribution in [2.75, 3.05) is 62.5 Å². The highest BCUT2D eigenvalue weighted by Gasteiger charge is 2.26. The summed E-state index contributed by atoms with van der Waals surface area (Å²) in [4.78, 5) is 33.1. The topological polar surface area (TPSA) is 110 Å². The number of hydrogen-bond acceptors (Lipinski definition) is 5. The zero-order valence-electron chi connectivity index (χ0n) is 18.3. The molecule has 29 heavy (non-hydrogen) atoms. The fourth-order valence-electron chi connectivity index (χ4n) is 2.38. The number of para-hydroxylation sites is 1. The summed E-state index contributed by atoms with van der Waals surface area (Å²) in [6.07, 6.45) is -0.920. The Kier molecular flexibility index (Phi) is 10.3. The first kappa shape index (κ1) is 26.4. The minimum Gasteiger partial charge on any atom is -0.496 e. The second kappa shape index (κ2) is 11.4. The Balaban J connectivity index is 0.000000828. The van der Waals surface area contributed by atoms with Crippen LogP contribution < -0.4 is 4.74 Å². The van der Waals surface area contributed by atoms with Crippen molar-refractivity contribution in [2.24, 2.45) is 0 Å². The quantitative estimate of drug-likeness (QED) is 0.461. The summed E-state index contributed by atoms with van der Waals surface area (Å²) in [5.74, 6) is -1.92. The summed E-state index contributed by atoms with van der Waals surface area (Å²) in [6.45, 7) is 0.590. The summed E-state index contributed by atoms with van der Waals surface area (Å²) in [5.41, 5.74) is 0.289. The Morgan fingerprint density at radius 2 is 1.48 bits per heavy atom. The first-order valence-electron chi connectivity index (χ1n) is 9.03. The van der Waals surface area contributed by atoms with E-state index in [-0.39, 0.29) is 18.5 Å². The molecular formula is C20H34N2O7+2. The van der Waals surface area contributed by atoms with Crippen LogP contribution in [0.1, 0.15) is 16.8 Å². The molecule has 0 aliphatic carbocycles. The molecule has 0 unspecified atom stereocenters. The van der Waals surface area contributed by atoms with E-state index in [1.165, 1.54) is 7.11 Å². The van der Waals surface area contributed by atoms with E-state index in [0.29, 0.717) is 21.3 Å². The van der Waals surface area contributed by atoms with Gasteiger partial charge in [-0.2, -0.15) is 0 Å². The molecule has 0 aliphatic heterocycles. The lowest BCUT2D eigenvalue weighted by molar-refractivity contribution is -0.873. The van der Waals surface area contributed by atoms with Crippen LogP contribution in [0.3, 0.4) is 0 Å². The van der Waals surface area contributed by atoms with Crippen LogP contribution in [0.15, 0.2) is 24.3 Å². The molecule has 1 aromatic carbocycles. The summed E-state index contributed by atoms with van der Waals surface area (Å²) < 4.78 is 11.4. The van der Waals surface area contributed by atoms with Crippen molar-refractivity contribution in [2.45, 2.75) is 12.5 Å². The number of rotatable bonds is 9. The molecule has 0 spiro atoms. The molecular weight excluding hydrogens is 380 g/mol. The van der Waals surface area contributed by atoms with Crippen molar-refractivity contribution in [1.29, 1.82) is 0 Å². The fourth-order valence-corrected chi connectivity index (χ4v) is 2.38. The van der Waals surface area contributed by atoms with Gasteiger partial charge in [0.05, 0.1) is 55.8 Å². The molecule has 9 nitrogen and oxygen atoms in total. The number of nitrogens with zero attached hydrogens (tertiary/aromatic N) is 2. The van der Waals surface area contributed by atoms with E-state index in [9.17, 15) is 14.4 Å². The molecule has 0 aliphatic rings. The van der Waals surface area contributed by atoms with Gasteiger partial charge in [0.1, 0.15) is 17.9 Å². The number of quaternary nitrogens is 2. The van der Waals surface area contributed by atoms with E-state index >= 15 is 0 Å². The number of benzene rings is 1. The van der Waals surface area contributed by atoms with Crippen LogP contribution in [0.5, 0.6) is 5.75 Å². The highest BCUT2D eigenvalue weighted by Crippen LogP contribution is 2.19. The van der Waals surface area contributed by atoms with Crippen LogP contribution in [0.2, 0.25) is 0 Å². The lowest BCUT2D eigenvalue weighted by Gasteiger charge is -2.28. The Morgan fingerprint density at radius 1 is 0.931 bits per heavy atom. The standard InChI is InChI=1S/C15H21NO5.C5H11NO2/c1-16(2,3)10-11(9-14(17)18)21-15(19)12-7-5-6-8-13(12)20-4;1-6(2,3)4-5(7)8/h5-8,11H,9-10H2,1-4H3;4H2,1-3H3/p+2/t11-;/m0./s1. The van der Waals surface area contributed by atoms with Crippen molar-refractivity contribution in [3.05, 3.63) is 29.8 Å². The van der Waals surface area contributed by atoms with E-state index in [1.807, 2.05) is 42.3 Å². The fraction of sp³-hybridized carbons (Fsp3) is 0.550. The molecule has 0 radical (unpaired) electrons. The first-order chi connectivity index (χ1) is 13.1. The lowest BCUT2D eigenvalue weighted by Crippen LogP contribution is -2.43. The normalized spacial score (nSPS) is 12.2. The third kappa shape index (κ3) is 13.2. The van der Waals surface area contributed by atoms with Gasteiger partial charge in [0.25, 0.3) is 0 Å². The van der Waals surface area contributed by atoms with Crippen molar-refractivity contribution in [3.8, 4) is 5.75 Å². The summed E-state index contributed by atoms with van der Waals surface area (Å²) in [7, 11) is 12.7. The molecule has 0 saturated carbocycles. The molecule has 1 aromatic rings. The number of carboxylic acids is 2. The second-order valence-corrected chi connectivity index (χ2v) is 8.64. The Labute approximate surface area is 172 Å². The summed E-state index contributed by atoms with van der Waals surface area (Å²) >= 11 is 0. The predicted octanol–water partition coefficient (Wildman–Crippen LogP) is 1.18. The van der Waals surface area contributed by atoms with Gasteiger partial charge in [-0.25, -0.2) is 9.59 Å². The zero-order valence-corrected chi connectivity index (χ0v) is 18.3. The summed E-state index contributed by atoms with van der Waals surface area (Å²) in [5, 5.41) is 17.2. The number of esters is 1. The predicted molar refractivity (Wildman–Crippen MR) is 108 cm³/mol. The van der Waals surface area contributed by atoms with Crippen LogP contribution in [-0.2, 0) is 14.3 Å². The largest absolute Gasteiger partial charge is 0.496 e. The van der Waals surface area contributed by atoms with Crippen LogP contribution in [0, 0.1) is 0 Å². The van der Waals surface area contributed by atoms with Crippen LogP contribution in [0.4, 0.5) is 0 Å². The number of carboxylic acid groups (broad SMARTS) is 2. The molecule has 0 bridgehead atoms. The third-order valence-corrected chi connectivity index (χ3v) is 3.36. The zero-order chi connectivity index (χ0) is 22.8. The molecule has 9 heteroatoms. The number of carbonyl (C=O) groups excluding carboxylic acids is 1. The molecule has 0 heterocycles. The minimum absolute atomic E-state index is 0.181. The van der Waals surface area contributed by atoms with Gasteiger partial charge < -0.3 is 28.7 Å². The van der Waals surface area contributed by atoms with Crippen molar-refractivity contribution in [3.63, 3.8) is 0 Å². The molecule has 164 valence electrons. The van der Waals surface area contributed by atoms with Crippen LogP contribution in [-0.4, -0.2) is 106 Å². The highest BCUT2D eigenvalue weighted by atomic mass is 16.5. The molecule has 0 fully saturated rings.